The maximum Gasteiger partial charge on any atom is 0.254 e. The molecule has 0 aliphatic rings. The molecular formula is C22H22ClN3O. The van der Waals surface area contributed by atoms with E-state index in [-0.39, 0.29) is 11.9 Å². The first-order chi connectivity index (χ1) is 13.1. The fourth-order valence-corrected chi connectivity index (χ4v) is 2.91. The van der Waals surface area contributed by atoms with Gasteiger partial charge in [-0.2, -0.15) is 0 Å². The molecule has 0 aliphatic heterocycles. The Balaban J connectivity index is 1.72. The highest BCUT2D eigenvalue weighted by molar-refractivity contribution is 6.30. The summed E-state index contributed by atoms with van der Waals surface area (Å²) >= 11 is 5.86. The zero-order valence-corrected chi connectivity index (χ0v) is 16.1. The number of nitrogens with zero attached hydrogens (tertiary/aromatic N) is 2. The first-order valence-corrected chi connectivity index (χ1v) is 9.21. The van der Waals surface area contributed by atoms with Crippen LogP contribution in [0.4, 0.5) is 5.82 Å². The number of amides is 1. The third-order valence-corrected chi connectivity index (χ3v) is 4.75. The summed E-state index contributed by atoms with van der Waals surface area (Å²) in [5.74, 6) is 0.726. The third-order valence-electron chi connectivity index (χ3n) is 4.53. The highest BCUT2D eigenvalue weighted by Crippen LogP contribution is 2.24. The number of nitrogens with one attached hydrogen (secondary N) is 1. The predicted octanol–water partition coefficient (Wildman–Crippen LogP) is 4.97. The zero-order valence-electron chi connectivity index (χ0n) is 15.4. The number of halogens is 1. The molecular weight excluding hydrogens is 358 g/mol. The Morgan fingerprint density at radius 3 is 2.48 bits per heavy atom. The van der Waals surface area contributed by atoms with E-state index in [0.717, 1.165) is 16.9 Å². The second-order valence-electron chi connectivity index (χ2n) is 6.42. The Labute approximate surface area is 164 Å². The van der Waals surface area contributed by atoms with Gasteiger partial charge in [0.2, 0.25) is 0 Å². The van der Waals surface area contributed by atoms with Gasteiger partial charge in [-0.15, -0.1) is 0 Å². The number of anilines is 1. The lowest BCUT2D eigenvalue weighted by Crippen LogP contribution is -2.39. The largest absolute Gasteiger partial charge is 0.368 e. The van der Waals surface area contributed by atoms with Crippen LogP contribution in [-0.2, 0) is 0 Å². The van der Waals surface area contributed by atoms with Crippen molar-refractivity contribution in [3.63, 3.8) is 0 Å². The zero-order chi connectivity index (χ0) is 19.2. The van der Waals surface area contributed by atoms with Crippen molar-refractivity contribution in [1.82, 2.24) is 9.88 Å². The number of hydrogen-bond donors (Lipinski definition) is 1. The summed E-state index contributed by atoms with van der Waals surface area (Å²) < 4.78 is 0. The molecule has 1 N–H and O–H groups in total. The fourth-order valence-electron chi connectivity index (χ4n) is 2.80. The summed E-state index contributed by atoms with van der Waals surface area (Å²) in [7, 11) is 1.83. The van der Waals surface area contributed by atoms with Crippen LogP contribution in [0.1, 0.15) is 17.3 Å². The van der Waals surface area contributed by atoms with Crippen LogP contribution in [-0.4, -0.2) is 35.4 Å². The number of pyridine rings is 1. The Bertz CT molecular complexity index is 897. The van der Waals surface area contributed by atoms with Gasteiger partial charge in [0.25, 0.3) is 5.91 Å². The van der Waals surface area contributed by atoms with Crippen molar-refractivity contribution >= 4 is 23.3 Å². The van der Waals surface area contributed by atoms with Crippen molar-refractivity contribution in [2.75, 3.05) is 18.9 Å². The fraction of sp³-hybridized carbons (Fsp3) is 0.182. The lowest BCUT2D eigenvalue weighted by molar-refractivity contribution is 0.0752. The molecule has 1 amide bonds. The van der Waals surface area contributed by atoms with Crippen LogP contribution < -0.4 is 5.32 Å². The Hall–Kier alpha value is -2.85. The van der Waals surface area contributed by atoms with Gasteiger partial charge in [-0.3, -0.25) is 4.79 Å². The summed E-state index contributed by atoms with van der Waals surface area (Å²) in [4.78, 5) is 19.1. The predicted molar refractivity (Wildman–Crippen MR) is 111 cm³/mol. The van der Waals surface area contributed by atoms with Gasteiger partial charge in [0, 0.05) is 31.4 Å². The molecule has 0 saturated carbocycles. The smallest absolute Gasteiger partial charge is 0.254 e. The average Bonchev–Trinajstić information content (AvgIpc) is 2.72. The van der Waals surface area contributed by atoms with Gasteiger partial charge < -0.3 is 10.2 Å². The molecule has 0 saturated heterocycles. The van der Waals surface area contributed by atoms with Crippen LogP contribution in [0.15, 0.2) is 72.9 Å². The number of carbonyl (C=O) groups excluding carboxylic acids is 1. The number of hydrogen-bond acceptors (Lipinski definition) is 3. The van der Waals surface area contributed by atoms with E-state index in [2.05, 4.69) is 10.3 Å². The molecule has 27 heavy (non-hydrogen) atoms. The van der Waals surface area contributed by atoms with Crippen LogP contribution in [0.25, 0.3) is 11.1 Å². The summed E-state index contributed by atoms with van der Waals surface area (Å²) in [6.45, 7) is 2.59. The molecule has 1 atom stereocenters. The van der Waals surface area contributed by atoms with Crippen LogP contribution >= 0.6 is 11.6 Å². The molecule has 0 aliphatic carbocycles. The average molecular weight is 380 g/mol. The molecule has 5 heteroatoms. The first-order valence-electron chi connectivity index (χ1n) is 8.83. The van der Waals surface area contributed by atoms with Crippen molar-refractivity contribution in [3.05, 3.63) is 83.5 Å². The minimum Gasteiger partial charge on any atom is -0.368 e. The molecule has 0 radical (unpaired) electrons. The van der Waals surface area contributed by atoms with E-state index in [1.807, 2.05) is 74.6 Å². The summed E-state index contributed by atoms with van der Waals surface area (Å²) in [5, 5.41) is 3.84. The second-order valence-corrected chi connectivity index (χ2v) is 6.86. The molecule has 3 rings (SSSR count). The summed E-state index contributed by atoms with van der Waals surface area (Å²) in [5.41, 5.74) is 2.67. The lowest BCUT2D eigenvalue weighted by Gasteiger charge is -2.26. The number of carbonyl (C=O) groups is 1. The van der Waals surface area contributed by atoms with E-state index in [1.165, 1.54) is 0 Å². The molecule has 2 aromatic carbocycles. The quantitative estimate of drug-likeness (QED) is 0.657. The van der Waals surface area contributed by atoms with Gasteiger partial charge in [-0.1, -0.05) is 60.1 Å². The van der Waals surface area contributed by atoms with Crippen LogP contribution in [0, 0.1) is 0 Å². The SMILES string of the molecule is C[C@@H](CNc1ccc(Cl)cn1)N(C)C(=O)c1ccccc1-c1ccccc1. The standard InChI is InChI=1S/C22H22ClN3O/c1-16(14-24-21-13-12-18(23)15-25-21)26(2)22(27)20-11-7-6-10-19(20)17-8-4-3-5-9-17/h3-13,15-16H,14H2,1-2H3,(H,24,25)/t16-/m0/s1. The van der Waals surface area contributed by atoms with Crippen molar-refractivity contribution in [2.24, 2.45) is 0 Å². The van der Waals surface area contributed by atoms with E-state index in [4.69, 9.17) is 11.6 Å². The van der Waals surface area contributed by atoms with Crippen LogP contribution in [0.3, 0.4) is 0 Å². The topological polar surface area (TPSA) is 45.2 Å². The number of aromatic nitrogens is 1. The van der Waals surface area contributed by atoms with Crippen molar-refractivity contribution < 1.29 is 4.79 Å². The normalized spacial score (nSPS) is 11.7. The summed E-state index contributed by atoms with van der Waals surface area (Å²) in [6.07, 6.45) is 1.60. The van der Waals surface area contributed by atoms with E-state index < -0.39 is 0 Å². The van der Waals surface area contributed by atoms with Crippen molar-refractivity contribution in [3.8, 4) is 11.1 Å². The summed E-state index contributed by atoms with van der Waals surface area (Å²) in [6, 6.07) is 21.3. The van der Waals surface area contributed by atoms with Crippen LogP contribution in [0.2, 0.25) is 5.02 Å². The highest BCUT2D eigenvalue weighted by atomic mass is 35.5. The van der Waals surface area contributed by atoms with E-state index >= 15 is 0 Å². The number of likely N-dealkylation sites (N-methyl/N-ethyl adjacent to an activating group) is 1. The Kier molecular flexibility index (Phi) is 6.09. The highest BCUT2D eigenvalue weighted by Gasteiger charge is 2.20. The van der Waals surface area contributed by atoms with Gasteiger partial charge in [0.05, 0.1) is 5.02 Å². The van der Waals surface area contributed by atoms with Crippen LogP contribution in [0.5, 0.6) is 0 Å². The van der Waals surface area contributed by atoms with Gasteiger partial charge in [0.1, 0.15) is 5.82 Å². The monoisotopic (exact) mass is 379 g/mol. The van der Waals surface area contributed by atoms with E-state index in [1.54, 1.807) is 17.2 Å². The van der Waals surface area contributed by atoms with Gasteiger partial charge in [0.15, 0.2) is 0 Å². The molecule has 138 valence electrons. The molecule has 1 heterocycles. The minimum atomic E-state index is -0.0150. The molecule has 0 unspecified atom stereocenters. The lowest BCUT2D eigenvalue weighted by atomic mass is 9.98. The Morgan fingerprint density at radius 1 is 1.07 bits per heavy atom. The molecule has 0 spiro atoms. The molecule has 3 aromatic rings. The molecule has 1 aromatic heterocycles. The van der Waals surface area contributed by atoms with Crippen molar-refractivity contribution in [1.29, 1.82) is 0 Å². The van der Waals surface area contributed by atoms with Crippen molar-refractivity contribution in [2.45, 2.75) is 13.0 Å². The molecule has 0 bridgehead atoms. The van der Waals surface area contributed by atoms with Gasteiger partial charge in [-0.05, 0) is 36.2 Å². The maximum atomic E-state index is 13.1. The maximum absolute atomic E-state index is 13.1. The van der Waals surface area contributed by atoms with Gasteiger partial charge >= 0.3 is 0 Å². The van der Waals surface area contributed by atoms with E-state index in [0.29, 0.717) is 17.1 Å². The molecule has 4 nitrogen and oxygen atoms in total. The number of benzene rings is 2. The van der Waals surface area contributed by atoms with E-state index in [9.17, 15) is 4.79 Å². The number of rotatable bonds is 6. The minimum absolute atomic E-state index is 0.00665. The second kappa shape index (κ2) is 8.69. The third kappa shape index (κ3) is 4.66. The van der Waals surface area contributed by atoms with Gasteiger partial charge in [-0.25, -0.2) is 4.98 Å². The Morgan fingerprint density at radius 2 is 1.78 bits per heavy atom. The molecule has 0 fully saturated rings. The first kappa shape index (κ1) is 18.9.